The van der Waals surface area contributed by atoms with E-state index in [1.165, 1.54) is 0 Å². The Bertz CT molecular complexity index is 256. The van der Waals surface area contributed by atoms with E-state index < -0.39 is 12.0 Å². The second-order valence-electron chi connectivity index (χ2n) is 2.13. The van der Waals surface area contributed by atoms with Gasteiger partial charge in [0.2, 0.25) is 5.82 Å². The molecule has 0 aliphatic carbocycles. The molecule has 0 bridgehead atoms. The zero-order valence-electron chi connectivity index (χ0n) is 6.26. The van der Waals surface area contributed by atoms with Gasteiger partial charge in [-0.25, -0.2) is 9.97 Å². The number of rotatable bonds is 1. The van der Waals surface area contributed by atoms with Crippen molar-refractivity contribution in [3.8, 4) is 0 Å². The van der Waals surface area contributed by atoms with Gasteiger partial charge in [-0.3, -0.25) is 0 Å². The molecular formula is C6H5BF3N2. The minimum atomic E-state index is -4.45. The monoisotopic (exact) mass is 173 g/mol. The van der Waals surface area contributed by atoms with Gasteiger partial charge in [0.05, 0.1) is 0 Å². The molecule has 0 unspecified atom stereocenters. The van der Waals surface area contributed by atoms with E-state index >= 15 is 0 Å². The van der Waals surface area contributed by atoms with Crippen molar-refractivity contribution < 1.29 is 13.2 Å². The van der Waals surface area contributed by atoms with Crippen LogP contribution in [0.1, 0.15) is 5.82 Å². The molecule has 2 nitrogen and oxygen atoms in total. The molecular weight excluding hydrogens is 168 g/mol. The second kappa shape index (κ2) is 3.12. The zero-order chi connectivity index (χ0) is 9.19. The highest BCUT2D eigenvalue weighted by molar-refractivity contribution is 6.51. The van der Waals surface area contributed by atoms with Gasteiger partial charge in [0.1, 0.15) is 0 Å². The summed E-state index contributed by atoms with van der Waals surface area (Å²) in [5.41, 5.74) is 0.572. The maximum absolute atomic E-state index is 11.9. The first-order valence-electron chi connectivity index (χ1n) is 3.22. The predicted molar refractivity (Wildman–Crippen MR) is 38.3 cm³/mol. The van der Waals surface area contributed by atoms with Crippen LogP contribution in [0, 0.1) is 0 Å². The Labute approximate surface area is 68.1 Å². The third kappa shape index (κ3) is 1.96. The first-order chi connectivity index (χ1) is 5.54. The minimum absolute atomic E-state index is 0.572. The SMILES string of the molecule is C[B]c1cnc(C(F)(F)F)nc1. The molecule has 0 aliphatic rings. The van der Waals surface area contributed by atoms with Crippen LogP contribution in [0.2, 0.25) is 6.82 Å². The summed E-state index contributed by atoms with van der Waals surface area (Å²) < 4.78 is 35.7. The molecule has 12 heavy (non-hydrogen) atoms. The van der Waals surface area contributed by atoms with Gasteiger partial charge in [-0.15, -0.1) is 0 Å². The van der Waals surface area contributed by atoms with Crippen molar-refractivity contribution in [1.29, 1.82) is 0 Å². The lowest BCUT2D eigenvalue weighted by Gasteiger charge is -2.03. The van der Waals surface area contributed by atoms with Gasteiger partial charge in [0, 0.05) is 12.4 Å². The first-order valence-corrected chi connectivity index (χ1v) is 3.22. The minimum Gasteiger partial charge on any atom is -0.234 e. The average molecular weight is 173 g/mol. The molecule has 0 spiro atoms. The van der Waals surface area contributed by atoms with E-state index in [0.717, 1.165) is 12.4 Å². The van der Waals surface area contributed by atoms with Crippen LogP contribution in [-0.4, -0.2) is 17.2 Å². The number of nitrogens with zero attached hydrogens (tertiary/aromatic N) is 2. The van der Waals surface area contributed by atoms with Gasteiger partial charge in [-0.2, -0.15) is 13.2 Å². The van der Waals surface area contributed by atoms with Crippen molar-refractivity contribution >= 4 is 12.7 Å². The molecule has 0 saturated heterocycles. The highest BCUT2D eigenvalue weighted by Gasteiger charge is 2.34. The average Bonchev–Trinajstić information content (AvgIpc) is 2.03. The van der Waals surface area contributed by atoms with Gasteiger partial charge in [0.25, 0.3) is 0 Å². The fourth-order valence-electron chi connectivity index (χ4n) is 0.633. The van der Waals surface area contributed by atoms with Crippen LogP contribution in [0.4, 0.5) is 13.2 Å². The highest BCUT2D eigenvalue weighted by Crippen LogP contribution is 2.24. The van der Waals surface area contributed by atoms with Crippen LogP contribution in [0.3, 0.4) is 0 Å². The summed E-state index contributed by atoms with van der Waals surface area (Å²) in [6.45, 7) is 1.70. The molecule has 6 heteroatoms. The van der Waals surface area contributed by atoms with Crippen LogP contribution in [0.5, 0.6) is 0 Å². The Hall–Kier alpha value is -1.07. The summed E-state index contributed by atoms with van der Waals surface area (Å²) >= 11 is 0. The van der Waals surface area contributed by atoms with E-state index in [1.807, 2.05) is 0 Å². The number of hydrogen-bond donors (Lipinski definition) is 0. The summed E-state index contributed by atoms with van der Waals surface area (Å²) in [4.78, 5) is 6.31. The Morgan fingerprint density at radius 3 is 2.08 bits per heavy atom. The lowest BCUT2D eigenvalue weighted by molar-refractivity contribution is -0.144. The maximum Gasteiger partial charge on any atom is 0.451 e. The maximum atomic E-state index is 11.9. The van der Waals surface area contributed by atoms with Crippen molar-refractivity contribution in [2.45, 2.75) is 13.0 Å². The number of aromatic nitrogens is 2. The van der Waals surface area contributed by atoms with Crippen molar-refractivity contribution in [1.82, 2.24) is 9.97 Å². The molecule has 0 N–H and O–H groups in total. The van der Waals surface area contributed by atoms with E-state index in [0.29, 0.717) is 5.46 Å². The molecule has 0 atom stereocenters. The second-order valence-corrected chi connectivity index (χ2v) is 2.13. The van der Waals surface area contributed by atoms with E-state index in [2.05, 4.69) is 9.97 Å². The standard InChI is InChI=1S/C6H5BF3N2/c1-7-4-2-11-5(12-3-4)6(8,9)10/h2-3H,1H3. The summed E-state index contributed by atoms with van der Waals surface area (Å²) in [6, 6.07) is 0. The first kappa shape index (κ1) is 9.03. The number of hydrogen-bond acceptors (Lipinski definition) is 2. The van der Waals surface area contributed by atoms with Crippen LogP contribution >= 0.6 is 0 Å². The van der Waals surface area contributed by atoms with E-state index in [-0.39, 0.29) is 0 Å². The Kier molecular flexibility index (Phi) is 2.35. The zero-order valence-corrected chi connectivity index (χ0v) is 6.26. The number of halogens is 3. The van der Waals surface area contributed by atoms with Crippen molar-refractivity contribution in [2.75, 3.05) is 0 Å². The fraction of sp³-hybridized carbons (Fsp3) is 0.333. The highest BCUT2D eigenvalue weighted by atomic mass is 19.4. The number of alkyl halides is 3. The topological polar surface area (TPSA) is 25.8 Å². The molecule has 63 valence electrons. The van der Waals surface area contributed by atoms with Crippen LogP contribution < -0.4 is 5.46 Å². The largest absolute Gasteiger partial charge is 0.451 e. The van der Waals surface area contributed by atoms with E-state index in [4.69, 9.17) is 0 Å². The normalized spacial score (nSPS) is 11.3. The Morgan fingerprint density at radius 2 is 1.75 bits per heavy atom. The van der Waals surface area contributed by atoms with Gasteiger partial charge >= 0.3 is 6.18 Å². The summed E-state index contributed by atoms with van der Waals surface area (Å²) in [5.74, 6) is -1.10. The van der Waals surface area contributed by atoms with Crippen molar-refractivity contribution in [2.24, 2.45) is 0 Å². The van der Waals surface area contributed by atoms with Gasteiger partial charge < -0.3 is 0 Å². The Morgan fingerprint density at radius 1 is 1.25 bits per heavy atom. The van der Waals surface area contributed by atoms with Gasteiger partial charge in [0.15, 0.2) is 7.28 Å². The van der Waals surface area contributed by atoms with Crippen molar-refractivity contribution in [3.05, 3.63) is 18.2 Å². The molecule has 1 aromatic heterocycles. The summed E-state index contributed by atoms with van der Waals surface area (Å²) in [6.07, 6.45) is -2.18. The molecule has 0 saturated carbocycles. The predicted octanol–water partition coefficient (Wildman–Crippen LogP) is 0.873. The lowest BCUT2D eigenvalue weighted by Crippen LogP contribution is -2.18. The fourth-order valence-corrected chi connectivity index (χ4v) is 0.633. The molecule has 1 aromatic rings. The summed E-state index contributed by atoms with van der Waals surface area (Å²) in [5, 5.41) is 0. The van der Waals surface area contributed by atoms with E-state index in [1.54, 1.807) is 14.1 Å². The van der Waals surface area contributed by atoms with Gasteiger partial charge in [-0.1, -0.05) is 12.3 Å². The lowest BCUT2D eigenvalue weighted by atomic mass is 9.75. The molecule has 0 amide bonds. The van der Waals surface area contributed by atoms with Gasteiger partial charge in [-0.05, 0) is 0 Å². The van der Waals surface area contributed by atoms with Crippen LogP contribution in [0.25, 0.3) is 0 Å². The molecule has 0 fully saturated rings. The van der Waals surface area contributed by atoms with Crippen LogP contribution in [-0.2, 0) is 6.18 Å². The molecule has 1 heterocycles. The third-order valence-electron chi connectivity index (χ3n) is 1.26. The smallest absolute Gasteiger partial charge is 0.234 e. The summed E-state index contributed by atoms with van der Waals surface area (Å²) in [7, 11) is 1.63. The molecule has 0 aliphatic heterocycles. The molecule has 1 rings (SSSR count). The third-order valence-corrected chi connectivity index (χ3v) is 1.26. The molecule has 0 aromatic carbocycles. The quantitative estimate of drug-likeness (QED) is 0.588. The molecule has 1 radical (unpaired) electrons. The van der Waals surface area contributed by atoms with Crippen LogP contribution in [0.15, 0.2) is 12.4 Å². The van der Waals surface area contributed by atoms with E-state index in [9.17, 15) is 13.2 Å². The van der Waals surface area contributed by atoms with Crippen molar-refractivity contribution in [3.63, 3.8) is 0 Å². The Balaban J connectivity index is 2.93.